The van der Waals surface area contributed by atoms with Crippen molar-refractivity contribution < 1.29 is 9.47 Å². The van der Waals surface area contributed by atoms with Crippen LogP contribution in [0.15, 0.2) is 24.3 Å². The van der Waals surface area contributed by atoms with Gasteiger partial charge in [0.15, 0.2) is 11.5 Å². The summed E-state index contributed by atoms with van der Waals surface area (Å²) in [5.41, 5.74) is 0. The van der Waals surface area contributed by atoms with Crippen LogP contribution in [0, 0.1) is 0 Å². The molecule has 0 radical (unpaired) electrons. The molecule has 1 aromatic carbocycles. The lowest BCUT2D eigenvalue weighted by Gasteiger charge is -2.32. The third-order valence-corrected chi connectivity index (χ3v) is 3.73. The highest BCUT2D eigenvalue weighted by Gasteiger charge is 2.18. The molecule has 0 aliphatic carbocycles. The molecule has 0 aromatic heterocycles. The van der Waals surface area contributed by atoms with Crippen LogP contribution in [-0.2, 0) is 0 Å². The third kappa shape index (κ3) is 4.39. The average molecular weight is 278 g/mol. The Labute approximate surface area is 122 Å². The van der Waals surface area contributed by atoms with Gasteiger partial charge in [-0.2, -0.15) is 0 Å². The molecule has 0 spiro atoms. The summed E-state index contributed by atoms with van der Waals surface area (Å²) >= 11 is 0. The Morgan fingerprint density at radius 1 is 1.25 bits per heavy atom. The van der Waals surface area contributed by atoms with Crippen LogP contribution in [0.5, 0.6) is 11.5 Å². The first-order chi connectivity index (χ1) is 9.83. The van der Waals surface area contributed by atoms with Crippen LogP contribution in [0.25, 0.3) is 0 Å². The Bertz CT molecular complexity index is 398. The fourth-order valence-electron chi connectivity index (χ4n) is 2.62. The van der Waals surface area contributed by atoms with Crippen LogP contribution in [-0.4, -0.2) is 50.8 Å². The fourth-order valence-corrected chi connectivity index (χ4v) is 2.62. The van der Waals surface area contributed by atoms with Crippen LogP contribution in [0.4, 0.5) is 0 Å². The number of piperidine rings is 1. The maximum Gasteiger partial charge on any atom is 0.161 e. The third-order valence-electron chi connectivity index (χ3n) is 3.73. The van der Waals surface area contributed by atoms with E-state index in [-0.39, 0.29) is 0 Å². The zero-order valence-corrected chi connectivity index (χ0v) is 12.6. The molecule has 0 amide bonds. The van der Waals surface area contributed by atoms with E-state index in [9.17, 15) is 0 Å². The van der Waals surface area contributed by atoms with E-state index in [0.717, 1.165) is 24.6 Å². The van der Waals surface area contributed by atoms with Gasteiger partial charge in [-0.1, -0.05) is 12.1 Å². The molecular weight excluding hydrogens is 252 g/mol. The molecule has 1 atom stereocenters. The van der Waals surface area contributed by atoms with Crippen molar-refractivity contribution in [3.05, 3.63) is 24.3 Å². The normalized spacial score (nSPS) is 19.8. The Balaban J connectivity index is 1.78. The first-order valence-corrected chi connectivity index (χ1v) is 7.57. The molecule has 0 saturated carbocycles. The summed E-state index contributed by atoms with van der Waals surface area (Å²) in [4.78, 5) is 2.47. The molecule has 4 heteroatoms. The molecule has 1 saturated heterocycles. The predicted molar refractivity (Wildman–Crippen MR) is 81.6 cm³/mol. The van der Waals surface area contributed by atoms with Crippen molar-refractivity contribution in [2.75, 3.05) is 39.9 Å². The molecule has 1 heterocycles. The summed E-state index contributed by atoms with van der Waals surface area (Å²) in [7, 11) is 2.04. The average Bonchev–Trinajstić information content (AvgIpc) is 2.49. The van der Waals surface area contributed by atoms with Crippen LogP contribution in [0.2, 0.25) is 0 Å². The highest BCUT2D eigenvalue weighted by molar-refractivity contribution is 5.39. The molecule has 1 unspecified atom stereocenters. The number of nitrogens with one attached hydrogen (secondary N) is 1. The lowest BCUT2D eigenvalue weighted by molar-refractivity contribution is 0.160. The van der Waals surface area contributed by atoms with Crippen molar-refractivity contribution in [1.29, 1.82) is 0 Å². The number of nitrogens with zero attached hydrogens (tertiary/aromatic N) is 1. The monoisotopic (exact) mass is 278 g/mol. The smallest absolute Gasteiger partial charge is 0.161 e. The van der Waals surface area contributed by atoms with Crippen LogP contribution in [0.3, 0.4) is 0 Å². The number of likely N-dealkylation sites (tertiary alicyclic amines) is 1. The molecule has 112 valence electrons. The molecule has 1 fully saturated rings. The van der Waals surface area contributed by atoms with E-state index in [0.29, 0.717) is 19.3 Å². The van der Waals surface area contributed by atoms with Gasteiger partial charge in [0.25, 0.3) is 0 Å². The number of para-hydroxylation sites is 2. The van der Waals surface area contributed by atoms with Crippen molar-refractivity contribution in [2.24, 2.45) is 0 Å². The van der Waals surface area contributed by atoms with E-state index < -0.39 is 0 Å². The van der Waals surface area contributed by atoms with Gasteiger partial charge in [0.1, 0.15) is 6.61 Å². The van der Waals surface area contributed by atoms with E-state index in [1.54, 1.807) is 0 Å². The summed E-state index contributed by atoms with van der Waals surface area (Å²) in [5, 5.41) is 3.37. The van der Waals surface area contributed by atoms with Crippen LogP contribution < -0.4 is 14.8 Å². The van der Waals surface area contributed by atoms with E-state index >= 15 is 0 Å². The van der Waals surface area contributed by atoms with Gasteiger partial charge in [-0.05, 0) is 45.5 Å². The molecule has 1 N–H and O–H groups in total. The van der Waals surface area contributed by atoms with Crippen molar-refractivity contribution in [3.8, 4) is 11.5 Å². The van der Waals surface area contributed by atoms with Gasteiger partial charge in [0.2, 0.25) is 0 Å². The number of ether oxygens (including phenoxy) is 2. The van der Waals surface area contributed by atoms with Crippen LogP contribution in [0.1, 0.15) is 19.8 Å². The molecule has 1 aliphatic heterocycles. The van der Waals surface area contributed by atoms with Crippen molar-refractivity contribution >= 4 is 0 Å². The van der Waals surface area contributed by atoms with Gasteiger partial charge in [-0.3, -0.25) is 4.90 Å². The first-order valence-electron chi connectivity index (χ1n) is 7.57. The molecule has 1 aliphatic rings. The molecule has 20 heavy (non-hydrogen) atoms. The molecule has 2 rings (SSSR count). The quantitative estimate of drug-likeness (QED) is 0.828. The second-order valence-corrected chi connectivity index (χ2v) is 5.16. The lowest BCUT2D eigenvalue weighted by Crippen LogP contribution is -2.45. The summed E-state index contributed by atoms with van der Waals surface area (Å²) < 4.78 is 11.4. The molecule has 1 aromatic rings. The Morgan fingerprint density at radius 2 is 2.00 bits per heavy atom. The Hall–Kier alpha value is -1.26. The first kappa shape index (κ1) is 15.1. The van der Waals surface area contributed by atoms with E-state index in [1.165, 1.54) is 19.4 Å². The topological polar surface area (TPSA) is 33.7 Å². The number of hydrogen-bond donors (Lipinski definition) is 1. The van der Waals surface area contributed by atoms with Crippen molar-refractivity contribution in [2.45, 2.75) is 25.8 Å². The Kier molecular flexibility index (Phi) is 6.15. The number of hydrogen-bond acceptors (Lipinski definition) is 4. The van der Waals surface area contributed by atoms with Gasteiger partial charge >= 0.3 is 0 Å². The van der Waals surface area contributed by atoms with Crippen molar-refractivity contribution in [1.82, 2.24) is 10.2 Å². The highest BCUT2D eigenvalue weighted by atomic mass is 16.5. The number of rotatable bonds is 7. The fraction of sp³-hybridized carbons (Fsp3) is 0.625. The minimum absolute atomic E-state index is 0.625. The minimum Gasteiger partial charge on any atom is -0.490 e. The number of benzene rings is 1. The van der Waals surface area contributed by atoms with Gasteiger partial charge in [0.05, 0.1) is 6.61 Å². The maximum absolute atomic E-state index is 5.87. The highest BCUT2D eigenvalue weighted by Crippen LogP contribution is 2.26. The maximum atomic E-state index is 5.87. The number of likely N-dealkylation sites (N-methyl/N-ethyl adjacent to an activating group) is 1. The van der Waals surface area contributed by atoms with E-state index in [4.69, 9.17) is 9.47 Å². The zero-order chi connectivity index (χ0) is 14.2. The van der Waals surface area contributed by atoms with Gasteiger partial charge in [-0.15, -0.1) is 0 Å². The van der Waals surface area contributed by atoms with E-state index in [1.807, 2.05) is 38.2 Å². The molecule has 4 nitrogen and oxygen atoms in total. The van der Waals surface area contributed by atoms with Gasteiger partial charge in [0, 0.05) is 19.1 Å². The second kappa shape index (κ2) is 8.12. The zero-order valence-electron chi connectivity index (χ0n) is 12.6. The Morgan fingerprint density at radius 3 is 2.70 bits per heavy atom. The molecule has 0 bridgehead atoms. The molecular formula is C16H26N2O2. The van der Waals surface area contributed by atoms with Crippen molar-refractivity contribution in [3.63, 3.8) is 0 Å². The summed E-state index contributed by atoms with van der Waals surface area (Å²) in [6.07, 6.45) is 2.54. The summed E-state index contributed by atoms with van der Waals surface area (Å²) in [6, 6.07) is 8.50. The SMILES string of the molecule is CCOc1ccccc1OCCN1CCCC(NC)C1. The van der Waals surface area contributed by atoms with Crippen LogP contribution >= 0.6 is 0 Å². The second-order valence-electron chi connectivity index (χ2n) is 5.16. The predicted octanol–water partition coefficient (Wildman–Crippen LogP) is 2.15. The van der Waals surface area contributed by atoms with Gasteiger partial charge < -0.3 is 14.8 Å². The van der Waals surface area contributed by atoms with Gasteiger partial charge in [-0.25, -0.2) is 0 Å². The summed E-state index contributed by atoms with van der Waals surface area (Å²) in [5.74, 6) is 1.68. The minimum atomic E-state index is 0.625. The standard InChI is InChI=1S/C16H26N2O2/c1-3-19-15-8-4-5-9-16(15)20-12-11-18-10-6-7-14(13-18)17-2/h4-5,8-9,14,17H,3,6-7,10-13H2,1-2H3. The van der Waals surface area contributed by atoms with E-state index in [2.05, 4.69) is 10.2 Å². The summed E-state index contributed by atoms with van der Waals surface area (Å²) in [6.45, 7) is 6.62. The lowest BCUT2D eigenvalue weighted by atomic mass is 10.1. The largest absolute Gasteiger partial charge is 0.490 e.